The fourth-order valence-corrected chi connectivity index (χ4v) is 2.81. The van der Waals surface area contributed by atoms with Crippen molar-refractivity contribution in [2.45, 2.75) is 19.9 Å². The lowest BCUT2D eigenvalue weighted by Gasteiger charge is -2.06. The van der Waals surface area contributed by atoms with Gasteiger partial charge >= 0.3 is 5.97 Å². The van der Waals surface area contributed by atoms with Crippen LogP contribution in [0.1, 0.15) is 12.3 Å². The summed E-state index contributed by atoms with van der Waals surface area (Å²) in [6.07, 6.45) is 2.29. The molecule has 5 nitrogen and oxygen atoms in total. The average Bonchev–Trinajstić information content (AvgIpc) is 3.15. The number of benzene rings is 2. The molecule has 0 atom stereocenters. The predicted molar refractivity (Wildman–Crippen MR) is 90.9 cm³/mol. The van der Waals surface area contributed by atoms with Gasteiger partial charge < -0.3 is 13.7 Å². The van der Waals surface area contributed by atoms with Crippen LogP contribution in [0.15, 0.2) is 59.1 Å². The Morgan fingerprint density at radius 3 is 3.00 bits per heavy atom. The van der Waals surface area contributed by atoms with Gasteiger partial charge in [0.05, 0.1) is 6.42 Å². The second-order valence-electron chi connectivity index (χ2n) is 5.65. The van der Waals surface area contributed by atoms with Crippen molar-refractivity contribution >= 4 is 28.0 Å². The minimum atomic E-state index is -0.275. The van der Waals surface area contributed by atoms with Crippen molar-refractivity contribution in [3.05, 3.63) is 60.6 Å². The summed E-state index contributed by atoms with van der Waals surface area (Å²) in [6.45, 7) is 2.36. The highest BCUT2D eigenvalue weighted by Crippen LogP contribution is 2.22. The second kappa shape index (κ2) is 5.85. The number of para-hydroxylation sites is 1. The number of fused-ring (bicyclic) bond motifs is 2. The summed E-state index contributed by atoms with van der Waals surface area (Å²) in [6, 6.07) is 15.3. The summed E-state index contributed by atoms with van der Waals surface area (Å²) in [5, 5.41) is 1.16. The smallest absolute Gasteiger partial charge is 0.312 e. The number of carbonyl (C=O) groups excluding carboxylic acids is 1. The van der Waals surface area contributed by atoms with Crippen LogP contribution >= 0.6 is 0 Å². The lowest BCUT2D eigenvalue weighted by molar-refractivity contribution is -0.134. The molecule has 0 amide bonds. The summed E-state index contributed by atoms with van der Waals surface area (Å²) in [5.41, 5.74) is 2.49. The van der Waals surface area contributed by atoms with Crippen molar-refractivity contribution in [3.63, 3.8) is 0 Å². The fraction of sp³-hybridized carbons (Fsp3) is 0.158. The molecule has 0 aliphatic rings. The minimum Gasteiger partial charge on any atom is -0.441 e. The van der Waals surface area contributed by atoms with Gasteiger partial charge in [0, 0.05) is 31.2 Å². The molecule has 0 fully saturated rings. The van der Waals surface area contributed by atoms with E-state index in [-0.39, 0.29) is 5.97 Å². The maximum atomic E-state index is 12.1. The van der Waals surface area contributed by atoms with Crippen LogP contribution < -0.4 is 4.74 Å². The quantitative estimate of drug-likeness (QED) is 0.420. The summed E-state index contributed by atoms with van der Waals surface area (Å²) in [7, 11) is 0. The number of hydrogen-bond acceptors (Lipinski definition) is 4. The van der Waals surface area contributed by atoms with Crippen molar-refractivity contribution < 1.29 is 13.9 Å². The van der Waals surface area contributed by atoms with Gasteiger partial charge in [0.1, 0.15) is 11.3 Å². The Morgan fingerprint density at radius 2 is 2.08 bits per heavy atom. The Bertz CT molecular complexity index is 1030. The zero-order valence-electron chi connectivity index (χ0n) is 13.2. The number of rotatable bonds is 4. The molecule has 4 rings (SSSR count). The molecule has 0 saturated carbocycles. The van der Waals surface area contributed by atoms with Gasteiger partial charge in [-0.15, -0.1) is 0 Å². The van der Waals surface area contributed by atoms with Crippen LogP contribution in [0.2, 0.25) is 0 Å². The normalized spacial score (nSPS) is 11.2. The van der Waals surface area contributed by atoms with Gasteiger partial charge in [-0.2, -0.15) is 0 Å². The molecule has 2 heterocycles. The third kappa shape index (κ3) is 2.76. The maximum Gasteiger partial charge on any atom is 0.312 e. The largest absolute Gasteiger partial charge is 0.441 e. The van der Waals surface area contributed by atoms with Crippen LogP contribution in [0, 0.1) is 6.92 Å². The Balaban J connectivity index is 1.44. The molecule has 24 heavy (non-hydrogen) atoms. The highest BCUT2D eigenvalue weighted by atomic mass is 16.5. The Kier molecular flexibility index (Phi) is 3.54. The zero-order chi connectivity index (χ0) is 16.5. The SMILES string of the molecule is Cc1nc2ccc(OC(=O)CCn3ccc4ccccc43)cc2o1. The number of aryl methyl sites for hydroxylation is 2. The molecule has 4 aromatic rings. The molecule has 0 aliphatic carbocycles. The molecule has 0 unspecified atom stereocenters. The van der Waals surface area contributed by atoms with Crippen LogP contribution in [-0.2, 0) is 11.3 Å². The first-order valence-electron chi connectivity index (χ1n) is 7.81. The van der Waals surface area contributed by atoms with Crippen LogP contribution in [0.3, 0.4) is 0 Å². The zero-order valence-corrected chi connectivity index (χ0v) is 13.2. The molecular weight excluding hydrogens is 304 g/mol. The van der Waals surface area contributed by atoms with E-state index in [2.05, 4.69) is 15.6 Å². The van der Waals surface area contributed by atoms with Crippen LogP contribution in [0.5, 0.6) is 5.75 Å². The Labute approximate surface area is 138 Å². The van der Waals surface area contributed by atoms with E-state index in [0.717, 1.165) is 16.4 Å². The number of oxazole rings is 1. The summed E-state index contributed by atoms with van der Waals surface area (Å²) in [5.74, 6) is 0.789. The van der Waals surface area contributed by atoms with E-state index < -0.39 is 0 Å². The molecule has 2 aromatic carbocycles. The van der Waals surface area contributed by atoms with E-state index >= 15 is 0 Å². The highest BCUT2D eigenvalue weighted by molar-refractivity contribution is 5.80. The van der Waals surface area contributed by atoms with Gasteiger partial charge in [0.2, 0.25) is 0 Å². The molecule has 0 saturated heterocycles. The van der Waals surface area contributed by atoms with Crippen molar-refractivity contribution in [1.82, 2.24) is 9.55 Å². The van der Waals surface area contributed by atoms with Gasteiger partial charge in [0.25, 0.3) is 0 Å². The standard InChI is InChI=1S/C19H16N2O3/c1-13-20-16-7-6-15(12-18(16)23-13)24-19(22)9-11-21-10-8-14-4-2-3-5-17(14)21/h2-8,10,12H,9,11H2,1H3. The van der Waals surface area contributed by atoms with E-state index in [4.69, 9.17) is 9.15 Å². The van der Waals surface area contributed by atoms with Crippen molar-refractivity contribution in [3.8, 4) is 5.75 Å². The number of ether oxygens (including phenoxy) is 1. The minimum absolute atomic E-state index is 0.275. The molecule has 0 N–H and O–H groups in total. The average molecular weight is 320 g/mol. The molecular formula is C19H16N2O3. The number of aromatic nitrogens is 2. The molecule has 0 bridgehead atoms. The summed E-state index contributed by atoms with van der Waals surface area (Å²) in [4.78, 5) is 16.3. The monoisotopic (exact) mass is 320 g/mol. The third-order valence-electron chi connectivity index (χ3n) is 3.94. The van der Waals surface area contributed by atoms with Crippen LogP contribution in [0.25, 0.3) is 22.0 Å². The van der Waals surface area contributed by atoms with Crippen LogP contribution in [-0.4, -0.2) is 15.5 Å². The van der Waals surface area contributed by atoms with Gasteiger partial charge in [-0.05, 0) is 29.7 Å². The van der Waals surface area contributed by atoms with E-state index in [0.29, 0.717) is 30.2 Å². The lowest BCUT2D eigenvalue weighted by Crippen LogP contribution is -2.11. The first-order chi connectivity index (χ1) is 11.7. The second-order valence-corrected chi connectivity index (χ2v) is 5.65. The highest BCUT2D eigenvalue weighted by Gasteiger charge is 2.09. The molecule has 2 aromatic heterocycles. The van der Waals surface area contributed by atoms with Crippen molar-refractivity contribution in [2.24, 2.45) is 0 Å². The van der Waals surface area contributed by atoms with E-state index in [1.807, 2.05) is 30.5 Å². The first-order valence-corrected chi connectivity index (χ1v) is 7.81. The van der Waals surface area contributed by atoms with Crippen molar-refractivity contribution in [2.75, 3.05) is 0 Å². The number of nitrogens with zero attached hydrogens (tertiary/aromatic N) is 2. The van der Waals surface area contributed by atoms with Crippen LogP contribution in [0.4, 0.5) is 0 Å². The number of hydrogen-bond donors (Lipinski definition) is 0. The fourth-order valence-electron chi connectivity index (χ4n) is 2.81. The number of esters is 1. The summed E-state index contributed by atoms with van der Waals surface area (Å²) >= 11 is 0. The predicted octanol–water partition coefficient (Wildman–Crippen LogP) is 4.09. The molecule has 0 spiro atoms. The topological polar surface area (TPSA) is 57.3 Å². The Morgan fingerprint density at radius 1 is 1.21 bits per heavy atom. The van der Waals surface area contributed by atoms with E-state index in [1.165, 1.54) is 0 Å². The lowest BCUT2D eigenvalue weighted by atomic mass is 10.2. The molecule has 0 aliphatic heterocycles. The number of carbonyl (C=O) groups is 1. The van der Waals surface area contributed by atoms with E-state index in [9.17, 15) is 4.79 Å². The Hall–Kier alpha value is -3.08. The molecule has 120 valence electrons. The summed E-state index contributed by atoms with van der Waals surface area (Å²) < 4.78 is 12.9. The van der Waals surface area contributed by atoms with E-state index in [1.54, 1.807) is 25.1 Å². The third-order valence-corrected chi connectivity index (χ3v) is 3.94. The van der Waals surface area contributed by atoms with Gasteiger partial charge in [0.15, 0.2) is 11.5 Å². The molecule has 0 radical (unpaired) electrons. The molecule has 5 heteroatoms. The van der Waals surface area contributed by atoms with Gasteiger partial charge in [-0.1, -0.05) is 18.2 Å². The van der Waals surface area contributed by atoms with Crippen molar-refractivity contribution in [1.29, 1.82) is 0 Å². The maximum absolute atomic E-state index is 12.1. The van der Waals surface area contributed by atoms with Gasteiger partial charge in [-0.25, -0.2) is 4.98 Å². The first kappa shape index (κ1) is 14.5. The van der Waals surface area contributed by atoms with Gasteiger partial charge in [-0.3, -0.25) is 4.79 Å².